The Morgan fingerprint density at radius 2 is 2.26 bits per heavy atom. The lowest BCUT2D eigenvalue weighted by atomic mass is 9.98. The van der Waals surface area contributed by atoms with E-state index in [0.29, 0.717) is 32.9 Å². The van der Waals surface area contributed by atoms with Crippen molar-refractivity contribution < 1.29 is 19.4 Å². The van der Waals surface area contributed by atoms with E-state index in [9.17, 15) is 9.90 Å². The van der Waals surface area contributed by atoms with Gasteiger partial charge in [-0.05, 0) is 44.5 Å². The predicted octanol–water partition coefficient (Wildman–Crippen LogP) is 3.16. The van der Waals surface area contributed by atoms with Crippen molar-refractivity contribution in [3.8, 4) is 5.75 Å². The predicted molar refractivity (Wildman–Crippen MR) is 91.8 cm³/mol. The van der Waals surface area contributed by atoms with Crippen molar-refractivity contribution in [1.29, 1.82) is 0 Å². The number of benzene rings is 1. The van der Waals surface area contributed by atoms with Crippen LogP contribution < -0.4 is 4.74 Å². The standard InChI is InChI=1S/C17H24BrNO4/c1-2-22-8-9-23-16-6-5-15(18)10-14(16)12-19-7-3-4-13(11-19)17(20)21/h5-6,10,13H,2-4,7-9,11-12H2,1H3,(H,20,21). The van der Waals surface area contributed by atoms with E-state index in [1.807, 2.05) is 25.1 Å². The molecule has 1 atom stereocenters. The summed E-state index contributed by atoms with van der Waals surface area (Å²) in [6.07, 6.45) is 1.69. The summed E-state index contributed by atoms with van der Waals surface area (Å²) in [5.74, 6) is -0.124. The highest BCUT2D eigenvalue weighted by Gasteiger charge is 2.25. The molecule has 0 aliphatic carbocycles. The van der Waals surface area contributed by atoms with Crippen LogP contribution in [0.25, 0.3) is 0 Å². The summed E-state index contributed by atoms with van der Waals surface area (Å²) in [6.45, 7) is 5.94. The van der Waals surface area contributed by atoms with Gasteiger partial charge in [-0.1, -0.05) is 15.9 Å². The molecule has 1 fully saturated rings. The molecular formula is C17H24BrNO4. The molecule has 1 heterocycles. The molecule has 23 heavy (non-hydrogen) atoms. The minimum absolute atomic E-state index is 0.266. The zero-order valence-corrected chi connectivity index (χ0v) is 15.0. The smallest absolute Gasteiger partial charge is 0.307 e. The average molecular weight is 386 g/mol. The zero-order chi connectivity index (χ0) is 16.7. The van der Waals surface area contributed by atoms with E-state index in [1.54, 1.807) is 0 Å². The lowest BCUT2D eigenvalue weighted by Gasteiger charge is -2.31. The summed E-state index contributed by atoms with van der Waals surface area (Å²) in [4.78, 5) is 13.4. The van der Waals surface area contributed by atoms with E-state index in [-0.39, 0.29) is 5.92 Å². The molecule has 5 nitrogen and oxygen atoms in total. The zero-order valence-electron chi connectivity index (χ0n) is 13.5. The molecule has 1 aliphatic heterocycles. The maximum absolute atomic E-state index is 11.2. The number of rotatable bonds is 8. The van der Waals surface area contributed by atoms with Crippen LogP contribution >= 0.6 is 15.9 Å². The Bertz CT molecular complexity index is 523. The van der Waals surface area contributed by atoms with Crippen LogP contribution in [-0.2, 0) is 16.1 Å². The number of carboxylic acid groups (broad SMARTS) is 1. The first kappa shape index (κ1) is 18.2. The van der Waals surface area contributed by atoms with Crippen molar-refractivity contribution in [3.05, 3.63) is 28.2 Å². The summed E-state index contributed by atoms with van der Waals surface area (Å²) >= 11 is 3.50. The van der Waals surface area contributed by atoms with Gasteiger partial charge in [0, 0.05) is 29.7 Å². The van der Waals surface area contributed by atoms with Gasteiger partial charge in [0.2, 0.25) is 0 Å². The maximum atomic E-state index is 11.2. The molecule has 0 saturated carbocycles. The van der Waals surface area contributed by atoms with E-state index in [4.69, 9.17) is 9.47 Å². The third-order valence-corrected chi connectivity index (χ3v) is 4.45. The second kappa shape index (κ2) is 9.25. The second-order valence-corrected chi connectivity index (χ2v) is 6.63. The van der Waals surface area contributed by atoms with Crippen LogP contribution in [0.1, 0.15) is 25.3 Å². The number of hydrogen-bond acceptors (Lipinski definition) is 4. The number of aliphatic carboxylic acids is 1. The molecule has 1 saturated heterocycles. The Kier molecular flexibility index (Phi) is 7.33. The lowest BCUT2D eigenvalue weighted by Crippen LogP contribution is -2.38. The van der Waals surface area contributed by atoms with Crippen molar-refractivity contribution in [2.75, 3.05) is 32.9 Å². The second-order valence-electron chi connectivity index (χ2n) is 5.71. The van der Waals surface area contributed by atoms with Crippen LogP contribution in [0.3, 0.4) is 0 Å². The van der Waals surface area contributed by atoms with Gasteiger partial charge in [0.25, 0.3) is 0 Å². The molecule has 6 heteroatoms. The Labute approximate surface area is 145 Å². The summed E-state index contributed by atoms with van der Waals surface area (Å²) in [5, 5.41) is 9.21. The van der Waals surface area contributed by atoms with Gasteiger partial charge in [0.15, 0.2) is 0 Å². The van der Waals surface area contributed by atoms with E-state index in [0.717, 1.165) is 35.2 Å². The molecule has 0 bridgehead atoms. The molecule has 0 aromatic heterocycles. The van der Waals surface area contributed by atoms with Gasteiger partial charge >= 0.3 is 5.97 Å². The van der Waals surface area contributed by atoms with Crippen LogP contribution in [-0.4, -0.2) is 48.9 Å². The number of carbonyl (C=O) groups is 1. The largest absolute Gasteiger partial charge is 0.491 e. The van der Waals surface area contributed by atoms with Crippen LogP contribution in [0.4, 0.5) is 0 Å². The first-order valence-electron chi connectivity index (χ1n) is 8.04. The SMILES string of the molecule is CCOCCOc1ccc(Br)cc1CN1CCCC(C(=O)O)C1. The van der Waals surface area contributed by atoms with E-state index in [2.05, 4.69) is 20.8 Å². The van der Waals surface area contributed by atoms with Crippen molar-refractivity contribution in [2.45, 2.75) is 26.3 Å². The van der Waals surface area contributed by atoms with Crippen molar-refractivity contribution >= 4 is 21.9 Å². The lowest BCUT2D eigenvalue weighted by molar-refractivity contribution is -0.143. The topological polar surface area (TPSA) is 59.0 Å². The average Bonchev–Trinajstić information content (AvgIpc) is 2.53. The van der Waals surface area contributed by atoms with Gasteiger partial charge in [-0.2, -0.15) is 0 Å². The molecule has 128 valence electrons. The molecule has 1 aromatic rings. The van der Waals surface area contributed by atoms with Crippen molar-refractivity contribution in [1.82, 2.24) is 4.90 Å². The molecule has 1 unspecified atom stereocenters. The highest BCUT2D eigenvalue weighted by Crippen LogP contribution is 2.27. The summed E-state index contributed by atoms with van der Waals surface area (Å²) in [6, 6.07) is 5.94. The van der Waals surface area contributed by atoms with Gasteiger partial charge in [0.05, 0.1) is 12.5 Å². The fourth-order valence-electron chi connectivity index (χ4n) is 2.81. The van der Waals surface area contributed by atoms with Crippen LogP contribution in [0, 0.1) is 5.92 Å². The number of nitrogens with zero attached hydrogens (tertiary/aromatic N) is 1. The highest BCUT2D eigenvalue weighted by molar-refractivity contribution is 9.10. The normalized spacial score (nSPS) is 18.8. The minimum atomic E-state index is -0.697. The van der Waals surface area contributed by atoms with E-state index < -0.39 is 5.97 Å². The minimum Gasteiger partial charge on any atom is -0.491 e. The molecule has 1 aromatic carbocycles. The molecular weight excluding hydrogens is 362 g/mol. The Morgan fingerprint density at radius 1 is 1.43 bits per heavy atom. The quantitative estimate of drug-likeness (QED) is 0.696. The Hall–Kier alpha value is -1.11. The van der Waals surface area contributed by atoms with Gasteiger partial charge in [-0.25, -0.2) is 0 Å². The number of carboxylic acids is 1. The Morgan fingerprint density at radius 3 is 3.00 bits per heavy atom. The fraction of sp³-hybridized carbons (Fsp3) is 0.588. The summed E-state index contributed by atoms with van der Waals surface area (Å²) < 4.78 is 12.1. The molecule has 0 radical (unpaired) electrons. The number of hydrogen-bond donors (Lipinski definition) is 1. The van der Waals surface area contributed by atoms with Gasteiger partial charge in [0.1, 0.15) is 12.4 Å². The number of ether oxygens (including phenoxy) is 2. The van der Waals surface area contributed by atoms with E-state index in [1.165, 1.54) is 0 Å². The monoisotopic (exact) mass is 385 g/mol. The van der Waals surface area contributed by atoms with Gasteiger partial charge in [-0.15, -0.1) is 0 Å². The number of halogens is 1. The first-order chi connectivity index (χ1) is 11.1. The fourth-order valence-corrected chi connectivity index (χ4v) is 3.22. The van der Waals surface area contributed by atoms with Crippen LogP contribution in [0.15, 0.2) is 22.7 Å². The maximum Gasteiger partial charge on any atom is 0.307 e. The molecule has 0 spiro atoms. The van der Waals surface area contributed by atoms with E-state index >= 15 is 0 Å². The highest BCUT2D eigenvalue weighted by atomic mass is 79.9. The first-order valence-corrected chi connectivity index (χ1v) is 8.83. The third-order valence-electron chi connectivity index (χ3n) is 3.96. The van der Waals surface area contributed by atoms with Gasteiger partial charge < -0.3 is 14.6 Å². The van der Waals surface area contributed by atoms with Crippen molar-refractivity contribution in [3.63, 3.8) is 0 Å². The van der Waals surface area contributed by atoms with Crippen LogP contribution in [0.5, 0.6) is 5.75 Å². The van der Waals surface area contributed by atoms with Gasteiger partial charge in [-0.3, -0.25) is 9.69 Å². The number of piperidine rings is 1. The Balaban J connectivity index is 1.99. The summed E-state index contributed by atoms with van der Waals surface area (Å²) in [5.41, 5.74) is 1.07. The van der Waals surface area contributed by atoms with Crippen molar-refractivity contribution in [2.24, 2.45) is 5.92 Å². The molecule has 1 aliphatic rings. The molecule has 2 rings (SSSR count). The van der Waals surface area contributed by atoms with Crippen LogP contribution in [0.2, 0.25) is 0 Å². The summed E-state index contributed by atoms with van der Waals surface area (Å²) in [7, 11) is 0. The third kappa shape index (κ3) is 5.79. The molecule has 0 amide bonds. The molecule has 1 N–H and O–H groups in total. The number of likely N-dealkylation sites (tertiary alicyclic amines) is 1.